The summed E-state index contributed by atoms with van der Waals surface area (Å²) in [5.74, 6) is 1.02. The molecular formula is C13H21N3O. The van der Waals surface area contributed by atoms with Gasteiger partial charge < -0.3 is 15.4 Å². The Morgan fingerprint density at radius 3 is 2.59 bits per heavy atom. The number of nitrogens with zero attached hydrogens (tertiary/aromatic N) is 2. The number of morpholine rings is 1. The molecule has 0 radical (unpaired) electrons. The molecule has 17 heavy (non-hydrogen) atoms. The fourth-order valence-corrected chi connectivity index (χ4v) is 2.36. The quantitative estimate of drug-likeness (QED) is 0.843. The van der Waals surface area contributed by atoms with Gasteiger partial charge in [0, 0.05) is 30.9 Å². The topological polar surface area (TPSA) is 51.4 Å². The number of aromatic nitrogens is 1. The first-order chi connectivity index (χ1) is 8.10. The molecule has 0 spiro atoms. The molecule has 1 aromatic rings. The minimum absolute atomic E-state index is 0.242. The first kappa shape index (κ1) is 12.3. The van der Waals surface area contributed by atoms with Crippen LogP contribution in [0.1, 0.15) is 25.1 Å². The number of nitrogens with two attached hydrogens (primary N) is 1. The molecule has 0 saturated carbocycles. The van der Waals surface area contributed by atoms with E-state index in [0.717, 1.165) is 30.2 Å². The van der Waals surface area contributed by atoms with Crippen LogP contribution in [0.15, 0.2) is 12.1 Å². The lowest BCUT2D eigenvalue weighted by Gasteiger charge is -2.37. The first-order valence-electron chi connectivity index (χ1n) is 6.17. The van der Waals surface area contributed by atoms with E-state index in [9.17, 15) is 0 Å². The summed E-state index contributed by atoms with van der Waals surface area (Å²) in [4.78, 5) is 6.91. The van der Waals surface area contributed by atoms with E-state index in [4.69, 9.17) is 10.5 Å². The van der Waals surface area contributed by atoms with Crippen molar-refractivity contribution in [3.05, 3.63) is 23.4 Å². The Balaban J connectivity index is 2.28. The Kier molecular flexibility index (Phi) is 3.64. The minimum atomic E-state index is 0.242. The summed E-state index contributed by atoms with van der Waals surface area (Å²) in [6, 6.07) is 4.08. The second-order valence-electron chi connectivity index (χ2n) is 4.80. The Morgan fingerprint density at radius 1 is 1.35 bits per heavy atom. The normalized spacial score (nSPS) is 25.1. The van der Waals surface area contributed by atoms with Gasteiger partial charge in [0.15, 0.2) is 0 Å². The maximum Gasteiger partial charge on any atom is 0.133 e. The summed E-state index contributed by atoms with van der Waals surface area (Å²) in [5.41, 5.74) is 7.92. The second-order valence-corrected chi connectivity index (χ2v) is 4.80. The van der Waals surface area contributed by atoms with Crippen molar-refractivity contribution in [2.75, 3.05) is 18.0 Å². The van der Waals surface area contributed by atoms with Crippen molar-refractivity contribution in [2.24, 2.45) is 5.73 Å². The number of aryl methyl sites for hydroxylation is 1. The maximum absolute atomic E-state index is 5.78. The third kappa shape index (κ3) is 2.76. The third-order valence-electron chi connectivity index (χ3n) is 3.03. The van der Waals surface area contributed by atoms with Gasteiger partial charge in [0.2, 0.25) is 0 Å². The van der Waals surface area contributed by atoms with Gasteiger partial charge in [-0.1, -0.05) is 6.07 Å². The van der Waals surface area contributed by atoms with Crippen molar-refractivity contribution in [1.29, 1.82) is 0 Å². The molecule has 1 aliphatic rings. The maximum atomic E-state index is 5.78. The molecule has 1 aromatic heterocycles. The van der Waals surface area contributed by atoms with Crippen LogP contribution in [0.5, 0.6) is 0 Å². The van der Waals surface area contributed by atoms with Gasteiger partial charge in [-0.05, 0) is 26.8 Å². The van der Waals surface area contributed by atoms with Crippen molar-refractivity contribution in [1.82, 2.24) is 4.98 Å². The van der Waals surface area contributed by atoms with E-state index < -0.39 is 0 Å². The number of ether oxygens (including phenoxy) is 1. The highest BCUT2D eigenvalue weighted by Gasteiger charge is 2.24. The van der Waals surface area contributed by atoms with Crippen LogP contribution in [0, 0.1) is 6.92 Å². The van der Waals surface area contributed by atoms with Crippen molar-refractivity contribution in [3.63, 3.8) is 0 Å². The smallest absolute Gasteiger partial charge is 0.133 e. The standard InChI is InChI=1S/C13H21N3O/c1-9-4-5-12(6-14)13(15-9)16-7-10(2)17-11(3)8-16/h4-5,10-11H,6-8,14H2,1-3H3. The Labute approximate surface area is 103 Å². The summed E-state index contributed by atoms with van der Waals surface area (Å²) in [5, 5.41) is 0. The van der Waals surface area contributed by atoms with Gasteiger partial charge in [0.25, 0.3) is 0 Å². The molecule has 4 nitrogen and oxygen atoms in total. The van der Waals surface area contributed by atoms with Crippen LogP contribution in [0.3, 0.4) is 0 Å². The van der Waals surface area contributed by atoms with E-state index in [2.05, 4.69) is 29.8 Å². The van der Waals surface area contributed by atoms with Crippen LogP contribution in [0.2, 0.25) is 0 Å². The molecule has 0 aromatic carbocycles. The highest BCUT2D eigenvalue weighted by Crippen LogP contribution is 2.22. The second kappa shape index (κ2) is 5.02. The van der Waals surface area contributed by atoms with E-state index in [0.29, 0.717) is 6.54 Å². The molecule has 2 unspecified atom stereocenters. The van der Waals surface area contributed by atoms with Gasteiger partial charge in [0.1, 0.15) is 5.82 Å². The predicted molar refractivity (Wildman–Crippen MR) is 69.1 cm³/mol. The number of hydrogen-bond acceptors (Lipinski definition) is 4. The van der Waals surface area contributed by atoms with E-state index in [1.807, 2.05) is 13.0 Å². The fourth-order valence-electron chi connectivity index (χ4n) is 2.36. The molecule has 94 valence electrons. The Morgan fingerprint density at radius 2 is 2.00 bits per heavy atom. The Bertz CT molecular complexity index is 384. The molecule has 0 aliphatic carbocycles. The zero-order chi connectivity index (χ0) is 12.4. The fraction of sp³-hybridized carbons (Fsp3) is 0.615. The third-order valence-corrected chi connectivity index (χ3v) is 3.03. The molecule has 1 saturated heterocycles. The lowest BCUT2D eigenvalue weighted by atomic mass is 10.1. The molecule has 1 fully saturated rings. The molecule has 2 rings (SSSR count). The molecular weight excluding hydrogens is 214 g/mol. The van der Waals surface area contributed by atoms with Gasteiger partial charge in [-0.2, -0.15) is 0 Å². The Hall–Kier alpha value is -1.13. The van der Waals surface area contributed by atoms with E-state index in [1.165, 1.54) is 0 Å². The average molecular weight is 235 g/mol. The van der Waals surface area contributed by atoms with Crippen molar-refractivity contribution in [3.8, 4) is 0 Å². The summed E-state index contributed by atoms with van der Waals surface area (Å²) in [7, 11) is 0. The molecule has 2 heterocycles. The van der Waals surface area contributed by atoms with Crippen molar-refractivity contribution >= 4 is 5.82 Å². The lowest BCUT2D eigenvalue weighted by molar-refractivity contribution is -0.00551. The van der Waals surface area contributed by atoms with Gasteiger partial charge >= 0.3 is 0 Å². The van der Waals surface area contributed by atoms with Crippen molar-refractivity contribution in [2.45, 2.75) is 39.5 Å². The van der Waals surface area contributed by atoms with Crippen LogP contribution < -0.4 is 10.6 Å². The van der Waals surface area contributed by atoms with Crippen LogP contribution in [-0.2, 0) is 11.3 Å². The molecule has 2 atom stereocenters. The SMILES string of the molecule is Cc1ccc(CN)c(N2CC(C)OC(C)C2)n1. The van der Waals surface area contributed by atoms with Crippen LogP contribution in [0.4, 0.5) is 5.82 Å². The molecule has 2 N–H and O–H groups in total. The summed E-state index contributed by atoms with van der Waals surface area (Å²) >= 11 is 0. The highest BCUT2D eigenvalue weighted by molar-refractivity contribution is 5.48. The largest absolute Gasteiger partial charge is 0.372 e. The van der Waals surface area contributed by atoms with Gasteiger partial charge in [-0.15, -0.1) is 0 Å². The molecule has 1 aliphatic heterocycles. The summed E-state index contributed by atoms with van der Waals surface area (Å²) in [6.45, 7) is 8.50. The van der Waals surface area contributed by atoms with E-state index in [1.54, 1.807) is 0 Å². The van der Waals surface area contributed by atoms with E-state index in [-0.39, 0.29) is 12.2 Å². The molecule has 4 heteroatoms. The first-order valence-corrected chi connectivity index (χ1v) is 6.17. The van der Waals surface area contributed by atoms with Crippen molar-refractivity contribution < 1.29 is 4.74 Å². The average Bonchev–Trinajstić information content (AvgIpc) is 2.27. The van der Waals surface area contributed by atoms with E-state index >= 15 is 0 Å². The molecule has 0 bridgehead atoms. The minimum Gasteiger partial charge on any atom is -0.372 e. The lowest BCUT2D eigenvalue weighted by Crippen LogP contribution is -2.46. The summed E-state index contributed by atoms with van der Waals surface area (Å²) in [6.07, 6.45) is 0.485. The van der Waals surface area contributed by atoms with Gasteiger partial charge in [0.05, 0.1) is 12.2 Å². The number of hydrogen-bond donors (Lipinski definition) is 1. The predicted octanol–water partition coefficient (Wildman–Crippen LogP) is 1.46. The van der Waals surface area contributed by atoms with Crippen LogP contribution in [-0.4, -0.2) is 30.3 Å². The summed E-state index contributed by atoms with van der Waals surface area (Å²) < 4.78 is 5.74. The van der Waals surface area contributed by atoms with Gasteiger partial charge in [-0.3, -0.25) is 0 Å². The number of anilines is 1. The zero-order valence-corrected chi connectivity index (χ0v) is 10.8. The number of rotatable bonds is 2. The number of pyridine rings is 1. The monoisotopic (exact) mass is 235 g/mol. The highest BCUT2D eigenvalue weighted by atomic mass is 16.5. The zero-order valence-electron chi connectivity index (χ0n) is 10.8. The molecule has 0 amide bonds. The van der Waals surface area contributed by atoms with Gasteiger partial charge in [-0.25, -0.2) is 4.98 Å². The van der Waals surface area contributed by atoms with Crippen LogP contribution >= 0.6 is 0 Å². The van der Waals surface area contributed by atoms with Crippen LogP contribution in [0.25, 0.3) is 0 Å².